The van der Waals surface area contributed by atoms with Gasteiger partial charge in [-0.3, -0.25) is 4.90 Å². The maximum absolute atomic E-state index is 12.6. The van der Waals surface area contributed by atoms with Gasteiger partial charge in [0, 0.05) is 38.3 Å². The lowest BCUT2D eigenvalue weighted by Gasteiger charge is -2.38. The van der Waals surface area contributed by atoms with Crippen molar-refractivity contribution in [1.82, 2.24) is 24.6 Å². The van der Waals surface area contributed by atoms with Crippen molar-refractivity contribution in [2.24, 2.45) is 0 Å². The quantitative estimate of drug-likeness (QED) is 0.453. The minimum atomic E-state index is -0.891. The molecule has 10 heteroatoms. The summed E-state index contributed by atoms with van der Waals surface area (Å²) in [5, 5.41) is 36.4. The molecule has 1 aromatic heterocycles. The zero-order valence-corrected chi connectivity index (χ0v) is 19.4. The lowest BCUT2D eigenvalue weighted by molar-refractivity contribution is 0.0711. The first-order valence-electron chi connectivity index (χ1n) is 11.2. The van der Waals surface area contributed by atoms with Crippen LogP contribution in [0.3, 0.4) is 0 Å². The summed E-state index contributed by atoms with van der Waals surface area (Å²) in [4.78, 5) is 27.5. The van der Waals surface area contributed by atoms with Crippen LogP contribution in [-0.2, 0) is 6.54 Å². The maximum Gasteiger partial charge on any atom is 0.407 e. The average molecular weight is 468 g/mol. The van der Waals surface area contributed by atoms with E-state index in [-0.39, 0.29) is 29.3 Å². The number of hydrogen-bond acceptors (Lipinski definition) is 6. The highest BCUT2D eigenvalue weighted by molar-refractivity contribution is 5.69. The minimum Gasteiger partial charge on any atom is -0.508 e. The van der Waals surface area contributed by atoms with E-state index in [1.54, 1.807) is 6.07 Å². The van der Waals surface area contributed by atoms with Gasteiger partial charge in [0.05, 0.1) is 11.3 Å². The number of carboxylic acid groups (broad SMARTS) is 1. The van der Waals surface area contributed by atoms with Gasteiger partial charge in [0.25, 0.3) is 0 Å². The number of phenolic OH excluding ortho intramolecular Hbond substituents is 2. The molecular formula is C24H29N5O5. The smallest absolute Gasteiger partial charge is 0.407 e. The molecule has 0 spiro atoms. The van der Waals surface area contributed by atoms with Crippen LogP contribution >= 0.6 is 0 Å². The Morgan fingerprint density at radius 1 is 1.15 bits per heavy atom. The summed E-state index contributed by atoms with van der Waals surface area (Å²) in [5.41, 5.74) is 2.16. The van der Waals surface area contributed by atoms with Crippen molar-refractivity contribution in [3.05, 3.63) is 58.0 Å². The number of phenols is 2. The number of rotatable bonds is 5. The highest BCUT2D eigenvalue weighted by Gasteiger charge is 2.27. The zero-order valence-electron chi connectivity index (χ0n) is 19.4. The fraction of sp³-hybridized carbons (Fsp3) is 0.375. The van der Waals surface area contributed by atoms with Crippen LogP contribution in [-0.4, -0.2) is 71.7 Å². The van der Waals surface area contributed by atoms with Crippen molar-refractivity contribution in [2.45, 2.75) is 39.3 Å². The molecule has 2 aromatic carbocycles. The van der Waals surface area contributed by atoms with Gasteiger partial charge in [0.1, 0.15) is 11.5 Å². The fourth-order valence-corrected chi connectivity index (χ4v) is 4.42. The van der Waals surface area contributed by atoms with Crippen molar-refractivity contribution < 1.29 is 20.1 Å². The molecule has 34 heavy (non-hydrogen) atoms. The molecule has 0 radical (unpaired) electrons. The van der Waals surface area contributed by atoms with Gasteiger partial charge in [-0.1, -0.05) is 26.0 Å². The Balaban J connectivity index is 1.58. The lowest BCUT2D eigenvalue weighted by Crippen LogP contribution is -2.53. The van der Waals surface area contributed by atoms with E-state index in [1.165, 1.54) is 15.5 Å². The van der Waals surface area contributed by atoms with Gasteiger partial charge in [-0.15, -0.1) is 0 Å². The predicted molar refractivity (Wildman–Crippen MR) is 127 cm³/mol. The molecule has 2 heterocycles. The summed E-state index contributed by atoms with van der Waals surface area (Å²) in [7, 11) is 0. The van der Waals surface area contributed by atoms with E-state index >= 15 is 0 Å². The average Bonchev–Trinajstić information content (AvgIpc) is 3.15. The SMILES string of the molecule is CC(C)c1cc(-c2n[nH]c(=O)n2-c2ccc(CN3CCN(C(=O)O)C(C)C3)cc2)c(O)cc1O. The molecule has 4 rings (SSSR count). The number of piperazine rings is 1. The molecule has 0 bridgehead atoms. The molecule has 1 unspecified atom stereocenters. The van der Waals surface area contributed by atoms with E-state index in [4.69, 9.17) is 0 Å². The molecule has 180 valence electrons. The monoisotopic (exact) mass is 467 g/mol. The minimum absolute atomic E-state index is 0.0106. The number of H-pyrrole nitrogens is 1. The molecule has 3 aromatic rings. The molecular weight excluding hydrogens is 438 g/mol. The number of aromatic hydroxyl groups is 2. The molecule has 1 fully saturated rings. The second kappa shape index (κ2) is 9.22. The standard InChI is InChI=1S/C24H29N5O5/c1-14(2)18-10-19(21(31)11-20(18)30)22-25-26-23(32)29(22)17-6-4-16(5-7-17)13-27-8-9-28(24(33)34)15(3)12-27/h4-7,10-11,14-15,30-31H,8-9,12-13H2,1-3H3,(H,26,32)(H,33,34). The molecule has 0 saturated carbocycles. The van der Waals surface area contributed by atoms with Crippen LogP contribution in [0.15, 0.2) is 41.2 Å². The van der Waals surface area contributed by atoms with E-state index in [9.17, 15) is 24.9 Å². The van der Waals surface area contributed by atoms with E-state index in [1.807, 2.05) is 45.0 Å². The first-order chi connectivity index (χ1) is 16.2. The molecule has 1 amide bonds. The molecule has 1 aliphatic rings. The van der Waals surface area contributed by atoms with Crippen LogP contribution in [0, 0.1) is 0 Å². The van der Waals surface area contributed by atoms with E-state index in [0.29, 0.717) is 43.0 Å². The highest BCUT2D eigenvalue weighted by Crippen LogP contribution is 2.37. The number of carbonyl (C=O) groups is 1. The van der Waals surface area contributed by atoms with Crippen molar-refractivity contribution in [2.75, 3.05) is 19.6 Å². The lowest BCUT2D eigenvalue weighted by atomic mass is 9.98. The summed E-state index contributed by atoms with van der Waals surface area (Å²) in [6, 6.07) is 10.3. The van der Waals surface area contributed by atoms with Crippen molar-refractivity contribution in [3.63, 3.8) is 0 Å². The van der Waals surface area contributed by atoms with Gasteiger partial charge in [0.15, 0.2) is 5.82 Å². The third-order valence-electron chi connectivity index (χ3n) is 6.24. The Kier molecular flexibility index (Phi) is 6.34. The Hall–Kier alpha value is -3.79. The Morgan fingerprint density at radius 3 is 2.47 bits per heavy atom. The number of benzene rings is 2. The first kappa shape index (κ1) is 23.4. The van der Waals surface area contributed by atoms with Crippen molar-refractivity contribution in [1.29, 1.82) is 0 Å². The Labute approximate surface area is 196 Å². The molecule has 4 N–H and O–H groups in total. The largest absolute Gasteiger partial charge is 0.508 e. The van der Waals surface area contributed by atoms with Crippen LogP contribution in [0.2, 0.25) is 0 Å². The fourth-order valence-electron chi connectivity index (χ4n) is 4.42. The van der Waals surface area contributed by atoms with Gasteiger partial charge in [0.2, 0.25) is 0 Å². The molecule has 10 nitrogen and oxygen atoms in total. The summed E-state index contributed by atoms with van der Waals surface area (Å²) in [6.07, 6.45) is -0.891. The van der Waals surface area contributed by atoms with E-state index < -0.39 is 11.8 Å². The van der Waals surface area contributed by atoms with Gasteiger partial charge >= 0.3 is 11.8 Å². The number of amides is 1. The molecule has 1 saturated heterocycles. The van der Waals surface area contributed by atoms with Gasteiger partial charge in [-0.2, -0.15) is 5.10 Å². The van der Waals surface area contributed by atoms with Gasteiger partial charge in [-0.25, -0.2) is 19.3 Å². The van der Waals surface area contributed by atoms with Crippen LogP contribution in [0.4, 0.5) is 4.79 Å². The van der Waals surface area contributed by atoms with Crippen LogP contribution in [0.1, 0.15) is 37.8 Å². The first-order valence-corrected chi connectivity index (χ1v) is 11.2. The topological polar surface area (TPSA) is 135 Å². The molecule has 1 aliphatic heterocycles. The number of nitrogens with zero attached hydrogens (tertiary/aromatic N) is 4. The van der Waals surface area contributed by atoms with Crippen LogP contribution in [0.25, 0.3) is 17.1 Å². The second-order valence-corrected chi connectivity index (χ2v) is 9.00. The van der Waals surface area contributed by atoms with Gasteiger partial charge in [-0.05, 0) is 42.2 Å². The zero-order chi connectivity index (χ0) is 24.6. The molecule has 1 atom stereocenters. The number of aromatic amines is 1. The van der Waals surface area contributed by atoms with Crippen LogP contribution in [0.5, 0.6) is 11.5 Å². The van der Waals surface area contributed by atoms with Crippen LogP contribution < -0.4 is 5.69 Å². The van der Waals surface area contributed by atoms with Crippen molar-refractivity contribution >= 4 is 6.09 Å². The summed E-state index contributed by atoms with van der Waals surface area (Å²) in [6.45, 7) is 8.20. The third-order valence-corrected chi connectivity index (χ3v) is 6.24. The number of aromatic nitrogens is 3. The van der Waals surface area contributed by atoms with Crippen molar-refractivity contribution in [3.8, 4) is 28.6 Å². The highest BCUT2D eigenvalue weighted by atomic mass is 16.4. The summed E-state index contributed by atoms with van der Waals surface area (Å²) in [5.74, 6) is 0.0746. The normalized spacial score (nSPS) is 16.8. The Morgan fingerprint density at radius 2 is 1.85 bits per heavy atom. The predicted octanol–water partition coefficient (Wildman–Crippen LogP) is 2.95. The van der Waals surface area contributed by atoms with E-state index in [0.717, 1.165) is 5.56 Å². The summed E-state index contributed by atoms with van der Waals surface area (Å²) < 4.78 is 1.38. The summed E-state index contributed by atoms with van der Waals surface area (Å²) >= 11 is 0. The molecule has 0 aliphatic carbocycles. The number of nitrogens with one attached hydrogen (secondary N) is 1. The van der Waals surface area contributed by atoms with E-state index in [2.05, 4.69) is 15.1 Å². The Bertz CT molecular complexity index is 1250. The number of hydrogen-bond donors (Lipinski definition) is 4. The third kappa shape index (κ3) is 4.49. The maximum atomic E-state index is 12.6. The second-order valence-electron chi connectivity index (χ2n) is 9.00. The van der Waals surface area contributed by atoms with Gasteiger partial charge < -0.3 is 20.2 Å².